The van der Waals surface area contributed by atoms with Crippen LogP contribution in [0.2, 0.25) is 0 Å². The van der Waals surface area contributed by atoms with E-state index in [9.17, 15) is 9.59 Å². The summed E-state index contributed by atoms with van der Waals surface area (Å²) in [4.78, 5) is 21.3. The lowest BCUT2D eigenvalue weighted by atomic mass is 10.0. The fraction of sp³-hybridized carbons (Fsp3) is 0.867. The van der Waals surface area contributed by atoms with E-state index in [2.05, 4.69) is 13.8 Å². The molecule has 0 bridgehead atoms. The summed E-state index contributed by atoms with van der Waals surface area (Å²) in [7, 11) is 0. The zero-order valence-electron chi connectivity index (χ0n) is 12.3. The maximum absolute atomic E-state index is 11.1. The SMILES string of the molecule is CC(C)CCCCCCCCOC(=O)CCC(=O)O. The van der Waals surface area contributed by atoms with Crippen molar-refractivity contribution in [3.05, 3.63) is 0 Å². The molecule has 4 heteroatoms. The molecular formula is C15H28O4. The average Bonchev–Trinajstić information content (AvgIpc) is 2.34. The molecule has 0 unspecified atom stereocenters. The summed E-state index contributed by atoms with van der Waals surface area (Å²) in [6.45, 7) is 4.92. The standard InChI is InChI=1S/C15H28O4/c1-13(2)9-7-5-3-4-6-8-12-19-15(18)11-10-14(16)17/h13H,3-12H2,1-2H3,(H,16,17). The first-order valence-corrected chi connectivity index (χ1v) is 7.39. The first-order chi connectivity index (χ1) is 9.02. The molecule has 0 amide bonds. The number of rotatable bonds is 12. The van der Waals surface area contributed by atoms with Gasteiger partial charge < -0.3 is 9.84 Å². The summed E-state index contributed by atoms with van der Waals surface area (Å²) in [6.07, 6.45) is 8.13. The number of ether oxygens (including phenoxy) is 1. The highest BCUT2D eigenvalue weighted by Crippen LogP contribution is 2.11. The molecule has 112 valence electrons. The maximum Gasteiger partial charge on any atom is 0.306 e. The van der Waals surface area contributed by atoms with Crippen molar-refractivity contribution in [1.29, 1.82) is 0 Å². The van der Waals surface area contributed by atoms with Crippen molar-refractivity contribution in [2.45, 2.75) is 71.6 Å². The van der Waals surface area contributed by atoms with Crippen LogP contribution in [0.25, 0.3) is 0 Å². The van der Waals surface area contributed by atoms with E-state index in [1.54, 1.807) is 0 Å². The minimum atomic E-state index is -0.960. The smallest absolute Gasteiger partial charge is 0.306 e. The lowest BCUT2D eigenvalue weighted by Crippen LogP contribution is -2.08. The Hall–Kier alpha value is -1.06. The van der Waals surface area contributed by atoms with E-state index in [4.69, 9.17) is 9.84 Å². The highest BCUT2D eigenvalue weighted by molar-refractivity contribution is 5.76. The summed E-state index contributed by atoms with van der Waals surface area (Å²) in [6, 6.07) is 0. The zero-order chi connectivity index (χ0) is 14.5. The van der Waals surface area contributed by atoms with E-state index in [1.165, 1.54) is 32.1 Å². The average molecular weight is 272 g/mol. The van der Waals surface area contributed by atoms with Crippen molar-refractivity contribution in [2.24, 2.45) is 5.92 Å². The van der Waals surface area contributed by atoms with Crippen molar-refractivity contribution < 1.29 is 19.4 Å². The molecule has 0 heterocycles. The molecule has 0 rings (SSSR count). The van der Waals surface area contributed by atoms with Crippen molar-refractivity contribution >= 4 is 11.9 Å². The van der Waals surface area contributed by atoms with Crippen molar-refractivity contribution in [3.8, 4) is 0 Å². The van der Waals surface area contributed by atoms with Crippen LogP contribution in [0.5, 0.6) is 0 Å². The van der Waals surface area contributed by atoms with Gasteiger partial charge in [-0.3, -0.25) is 9.59 Å². The number of hydrogen-bond donors (Lipinski definition) is 1. The number of carboxylic acid groups (broad SMARTS) is 1. The van der Waals surface area contributed by atoms with Crippen molar-refractivity contribution in [2.75, 3.05) is 6.61 Å². The first-order valence-electron chi connectivity index (χ1n) is 7.39. The number of aliphatic carboxylic acids is 1. The van der Waals surface area contributed by atoms with Crippen molar-refractivity contribution in [3.63, 3.8) is 0 Å². The summed E-state index contributed by atoms with van der Waals surface area (Å²) >= 11 is 0. The first kappa shape index (κ1) is 17.9. The van der Waals surface area contributed by atoms with Crippen LogP contribution in [0, 0.1) is 5.92 Å². The molecule has 0 aromatic carbocycles. The number of carboxylic acids is 1. The van der Waals surface area contributed by atoms with E-state index < -0.39 is 11.9 Å². The Morgan fingerprint density at radius 1 is 0.947 bits per heavy atom. The quantitative estimate of drug-likeness (QED) is 0.434. The van der Waals surface area contributed by atoms with Crippen LogP contribution in [0.4, 0.5) is 0 Å². The normalized spacial score (nSPS) is 10.7. The molecule has 1 N–H and O–H groups in total. The summed E-state index contributed by atoms with van der Waals surface area (Å²) < 4.78 is 4.95. The second kappa shape index (κ2) is 12.0. The molecule has 0 aliphatic rings. The van der Waals surface area contributed by atoms with Gasteiger partial charge in [0.25, 0.3) is 0 Å². The molecule has 19 heavy (non-hydrogen) atoms. The molecule has 4 nitrogen and oxygen atoms in total. The van der Waals surface area contributed by atoms with Gasteiger partial charge in [-0.2, -0.15) is 0 Å². The van der Waals surface area contributed by atoms with Gasteiger partial charge >= 0.3 is 11.9 Å². The topological polar surface area (TPSA) is 63.6 Å². The molecule has 0 aromatic rings. The highest BCUT2D eigenvalue weighted by atomic mass is 16.5. The van der Waals surface area contributed by atoms with Crippen molar-refractivity contribution in [1.82, 2.24) is 0 Å². The Morgan fingerprint density at radius 3 is 2.11 bits per heavy atom. The molecule has 0 saturated heterocycles. The van der Waals surface area contributed by atoms with Gasteiger partial charge in [0, 0.05) is 0 Å². The van der Waals surface area contributed by atoms with E-state index >= 15 is 0 Å². The largest absolute Gasteiger partial charge is 0.481 e. The van der Waals surface area contributed by atoms with Gasteiger partial charge in [0.05, 0.1) is 19.4 Å². The third kappa shape index (κ3) is 14.9. The minimum absolute atomic E-state index is 0.0233. The van der Waals surface area contributed by atoms with Gasteiger partial charge in [0.2, 0.25) is 0 Å². The Balaban J connectivity index is 3.18. The summed E-state index contributed by atoms with van der Waals surface area (Å²) in [5.74, 6) is -0.567. The Kier molecular flexibility index (Phi) is 11.3. The molecule has 0 aliphatic carbocycles. The Bertz CT molecular complexity index is 249. The molecular weight excluding hydrogens is 244 g/mol. The predicted octanol–water partition coefficient (Wildman–Crippen LogP) is 3.78. The van der Waals surface area contributed by atoms with Gasteiger partial charge in [-0.05, 0) is 12.3 Å². The third-order valence-electron chi connectivity index (χ3n) is 2.98. The second-order valence-electron chi connectivity index (χ2n) is 5.42. The van der Waals surface area contributed by atoms with Crippen LogP contribution in [0.1, 0.15) is 71.6 Å². The summed E-state index contributed by atoms with van der Waals surface area (Å²) in [5.41, 5.74) is 0. The lowest BCUT2D eigenvalue weighted by molar-refractivity contribution is -0.147. The number of unbranched alkanes of at least 4 members (excludes halogenated alkanes) is 5. The number of hydrogen-bond acceptors (Lipinski definition) is 3. The zero-order valence-corrected chi connectivity index (χ0v) is 12.3. The van der Waals surface area contributed by atoms with E-state index in [1.807, 2.05) is 0 Å². The Labute approximate surface area is 116 Å². The summed E-state index contributed by atoms with van der Waals surface area (Å²) in [5, 5.41) is 8.40. The molecule has 0 spiro atoms. The monoisotopic (exact) mass is 272 g/mol. The lowest BCUT2D eigenvalue weighted by Gasteiger charge is -2.05. The van der Waals surface area contributed by atoms with E-state index in [-0.39, 0.29) is 12.8 Å². The fourth-order valence-corrected chi connectivity index (χ4v) is 1.83. The highest BCUT2D eigenvalue weighted by Gasteiger charge is 2.05. The molecule has 0 saturated carbocycles. The number of carbonyl (C=O) groups is 2. The molecule has 0 atom stereocenters. The second-order valence-corrected chi connectivity index (χ2v) is 5.42. The van der Waals surface area contributed by atoms with Gasteiger partial charge in [-0.1, -0.05) is 52.4 Å². The predicted molar refractivity (Wildman–Crippen MR) is 75.0 cm³/mol. The van der Waals surface area contributed by atoms with Crippen LogP contribution >= 0.6 is 0 Å². The molecule has 0 aromatic heterocycles. The number of esters is 1. The van der Waals surface area contributed by atoms with Gasteiger partial charge in [0.1, 0.15) is 0 Å². The Morgan fingerprint density at radius 2 is 1.53 bits per heavy atom. The molecule has 0 radical (unpaired) electrons. The van der Waals surface area contributed by atoms with Crippen LogP contribution in [-0.4, -0.2) is 23.7 Å². The fourth-order valence-electron chi connectivity index (χ4n) is 1.83. The van der Waals surface area contributed by atoms with Gasteiger partial charge in [0.15, 0.2) is 0 Å². The van der Waals surface area contributed by atoms with Crippen LogP contribution in [-0.2, 0) is 14.3 Å². The van der Waals surface area contributed by atoms with Crippen LogP contribution in [0.15, 0.2) is 0 Å². The van der Waals surface area contributed by atoms with E-state index in [0.717, 1.165) is 18.8 Å². The third-order valence-corrected chi connectivity index (χ3v) is 2.98. The van der Waals surface area contributed by atoms with Crippen LogP contribution < -0.4 is 0 Å². The number of carbonyl (C=O) groups excluding carboxylic acids is 1. The molecule has 0 aliphatic heterocycles. The van der Waals surface area contributed by atoms with Crippen LogP contribution in [0.3, 0.4) is 0 Å². The van der Waals surface area contributed by atoms with Gasteiger partial charge in [-0.25, -0.2) is 0 Å². The minimum Gasteiger partial charge on any atom is -0.481 e. The van der Waals surface area contributed by atoms with Gasteiger partial charge in [-0.15, -0.1) is 0 Å². The molecule has 0 fully saturated rings. The maximum atomic E-state index is 11.1. The van der Waals surface area contributed by atoms with E-state index in [0.29, 0.717) is 6.61 Å².